The predicted molar refractivity (Wildman–Crippen MR) is 61.4 cm³/mol. The summed E-state index contributed by atoms with van der Waals surface area (Å²) >= 11 is 0. The van der Waals surface area contributed by atoms with E-state index < -0.39 is 5.97 Å². The van der Waals surface area contributed by atoms with Gasteiger partial charge in [0.05, 0.1) is 0 Å². The highest BCUT2D eigenvalue weighted by molar-refractivity contribution is 5.66. The molecule has 0 fully saturated rings. The minimum atomic E-state index is -0.745. The molecule has 0 unspecified atom stereocenters. The predicted octanol–water partition coefficient (Wildman–Crippen LogP) is -1.01. The van der Waals surface area contributed by atoms with Crippen LogP contribution in [-0.2, 0) is 28.8 Å². The van der Waals surface area contributed by atoms with Crippen LogP contribution in [-0.4, -0.2) is 69.0 Å². The minimum absolute atomic E-state index is 0.222. The highest BCUT2D eigenvalue weighted by Crippen LogP contribution is 1.67. The molecule has 0 bridgehead atoms. The standard InChI is InChI=1S/C3H6O2.5CH2O2/c1-2-3(4)5;5*2-1-3/h2H2,1H3,(H,4,5);5*1H,(H,2,3). The lowest BCUT2D eigenvalue weighted by Crippen LogP contribution is -1.86. The van der Waals surface area contributed by atoms with Crippen molar-refractivity contribution in [2.45, 2.75) is 13.3 Å². The van der Waals surface area contributed by atoms with Crippen LogP contribution in [0.2, 0.25) is 0 Å². The summed E-state index contributed by atoms with van der Waals surface area (Å²) in [5.41, 5.74) is 0. The third-order valence-corrected chi connectivity index (χ3v) is 0.302. The molecular weight excluding hydrogens is 288 g/mol. The van der Waals surface area contributed by atoms with E-state index in [1.54, 1.807) is 6.92 Å². The van der Waals surface area contributed by atoms with Crippen molar-refractivity contribution in [3.63, 3.8) is 0 Å². The molecule has 0 heterocycles. The molecule has 20 heavy (non-hydrogen) atoms. The van der Waals surface area contributed by atoms with E-state index in [9.17, 15) is 4.79 Å². The topological polar surface area (TPSA) is 224 Å². The van der Waals surface area contributed by atoms with Crippen molar-refractivity contribution in [3.05, 3.63) is 0 Å². The minimum Gasteiger partial charge on any atom is -0.483 e. The van der Waals surface area contributed by atoms with Gasteiger partial charge in [0.15, 0.2) is 0 Å². The van der Waals surface area contributed by atoms with E-state index in [0.29, 0.717) is 0 Å². The molecule has 0 aliphatic rings. The lowest BCUT2D eigenvalue weighted by Gasteiger charge is -1.71. The van der Waals surface area contributed by atoms with E-state index in [0.717, 1.165) is 0 Å². The SMILES string of the molecule is CCC(=O)O.O=CO.O=CO.O=CO.O=CO.O=CO. The van der Waals surface area contributed by atoms with Gasteiger partial charge in [-0.1, -0.05) is 6.92 Å². The molecule has 0 aromatic heterocycles. The molecular formula is C8H16O12. The summed E-state index contributed by atoms with van der Waals surface area (Å²) in [5.74, 6) is -0.745. The molecule has 0 radical (unpaired) electrons. The van der Waals surface area contributed by atoms with Gasteiger partial charge >= 0.3 is 5.97 Å². The summed E-state index contributed by atoms with van der Waals surface area (Å²) in [7, 11) is 0. The van der Waals surface area contributed by atoms with E-state index in [1.165, 1.54) is 0 Å². The maximum Gasteiger partial charge on any atom is 0.303 e. The largest absolute Gasteiger partial charge is 0.483 e. The lowest BCUT2D eigenvalue weighted by atomic mass is 10.5. The summed E-state index contributed by atoms with van der Waals surface area (Å²) < 4.78 is 0. The highest BCUT2D eigenvalue weighted by atomic mass is 16.4. The van der Waals surface area contributed by atoms with Crippen LogP contribution in [0, 0.1) is 0 Å². The van der Waals surface area contributed by atoms with Gasteiger partial charge in [-0.2, -0.15) is 0 Å². The molecule has 0 aromatic carbocycles. The Morgan fingerprint density at radius 3 is 0.750 bits per heavy atom. The highest BCUT2D eigenvalue weighted by Gasteiger charge is 1.80. The molecule has 0 aliphatic carbocycles. The van der Waals surface area contributed by atoms with E-state index in [2.05, 4.69) is 0 Å². The lowest BCUT2D eigenvalue weighted by molar-refractivity contribution is -0.136. The van der Waals surface area contributed by atoms with Crippen molar-refractivity contribution < 1.29 is 59.4 Å². The van der Waals surface area contributed by atoms with Crippen LogP contribution in [0.5, 0.6) is 0 Å². The molecule has 120 valence electrons. The average molecular weight is 304 g/mol. The summed E-state index contributed by atoms with van der Waals surface area (Å²) in [5, 5.41) is 42.2. The van der Waals surface area contributed by atoms with Gasteiger partial charge in [-0.3, -0.25) is 28.8 Å². The van der Waals surface area contributed by atoms with Gasteiger partial charge in [-0.25, -0.2) is 0 Å². The van der Waals surface area contributed by atoms with Crippen LogP contribution in [0.3, 0.4) is 0 Å². The van der Waals surface area contributed by atoms with Crippen LogP contribution in [0.1, 0.15) is 13.3 Å². The smallest absolute Gasteiger partial charge is 0.303 e. The molecule has 0 atom stereocenters. The third kappa shape index (κ3) is 2030. The van der Waals surface area contributed by atoms with Gasteiger partial charge in [0.2, 0.25) is 0 Å². The Hall–Kier alpha value is -3.18. The van der Waals surface area contributed by atoms with Crippen molar-refractivity contribution in [2.24, 2.45) is 0 Å². The fourth-order valence-corrected chi connectivity index (χ4v) is 0. The van der Waals surface area contributed by atoms with Crippen LogP contribution in [0.25, 0.3) is 0 Å². The molecule has 6 N–H and O–H groups in total. The Morgan fingerprint density at radius 2 is 0.750 bits per heavy atom. The second-order valence-electron chi connectivity index (χ2n) is 1.27. The number of hydrogen-bond acceptors (Lipinski definition) is 6. The molecule has 0 saturated carbocycles. The second-order valence-corrected chi connectivity index (χ2v) is 1.27. The maximum absolute atomic E-state index is 9.37. The van der Waals surface area contributed by atoms with Crippen LogP contribution in [0.15, 0.2) is 0 Å². The summed E-state index contributed by atoms with van der Waals surface area (Å²) in [4.78, 5) is 51.2. The van der Waals surface area contributed by atoms with E-state index in [1.807, 2.05) is 0 Å². The van der Waals surface area contributed by atoms with E-state index in [-0.39, 0.29) is 38.8 Å². The third-order valence-electron chi connectivity index (χ3n) is 0.302. The van der Waals surface area contributed by atoms with E-state index in [4.69, 9.17) is 54.6 Å². The van der Waals surface area contributed by atoms with Gasteiger partial charge in [0.1, 0.15) is 0 Å². The fourth-order valence-electron chi connectivity index (χ4n) is 0. The Labute approximate surface area is 112 Å². The van der Waals surface area contributed by atoms with Crippen molar-refractivity contribution in [2.75, 3.05) is 0 Å². The molecule has 0 amide bonds. The quantitative estimate of drug-likeness (QED) is 0.320. The Kier molecular flexibility index (Phi) is 184. The van der Waals surface area contributed by atoms with Gasteiger partial charge in [0, 0.05) is 6.42 Å². The normalized spacial score (nSPS) is 4.85. The average Bonchev–Trinajstić information content (AvgIpc) is 2.34. The molecule has 0 spiro atoms. The van der Waals surface area contributed by atoms with Crippen molar-refractivity contribution in [1.82, 2.24) is 0 Å². The second kappa shape index (κ2) is 103. The number of carboxylic acids is 1. The van der Waals surface area contributed by atoms with Crippen LogP contribution in [0.4, 0.5) is 0 Å². The Bertz CT molecular complexity index is 167. The zero-order valence-corrected chi connectivity index (χ0v) is 10.2. The Balaban J connectivity index is -0.0000000299. The van der Waals surface area contributed by atoms with E-state index >= 15 is 0 Å². The number of hydrogen-bond donors (Lipinski definition) is 6. The monoisotopic (exact) mass is 304 g/mol. The number of rotatable bonds is 1. The van der Waals surface area contributed by atoms with Gasteiger partial charge in [-0.05, 0) is 0 Å². The number of carbonyl (C=O) groups is 6. The number of carboxylic acid groups (broad SMARTS) is 6. The van der Waals surface area contributed by atoms with Crippen molar-refractivity contribution in [1.29, 1.82) is 0 Å². The van der Waals surface area contributed by atoms with Gasteiger partial charge < -0.3 is 30.6 Å². The maximum atomic E-state index is 9.37. The first kappa shape index (κ1) is 36.0. The fraction of sp³-hybridized carbons (Fsp3) is 0.250. The zero-order valence-electron chi connectivity index (χ0n) is 10.2. The first-order valence-corrected chi connectivity index (χ1v) is 3.96. The van der Waals surface area contributed by atoms with Gasteiger partial charge in [0.25, 0.3) is 32.4 Å². The summed E-state index contributed by atoms with van der Waals surface area (Å²) in [6.45, 7) is 0.350. The van der Waals surface area contributed by atoms with Crippen molar-refractivity contribution in [3.8, 4) is 0 Å². The van der Waals surface area contributed by atoms with Gasteiger partial charge in [-0.15, -0.1) is 0 Å². The van der Waals surface area contributed by atoms with Crippen LogP contribution >= 0.6 is 0 Å². The molecule has 0 rings (SSSR count). The molecule has 12 nitrogen and oxygen atoms in total. The zero-order chi connectivity index (χ0) is 17.8. The number of aliphatic carboxylic acids is 1. The summed E-state index contributed by atoms with van der Waals surface area (Å²) in [6, 6.07) is 0. The molecule has 0 aromatic rings. The summed E-state index contributed by atoms with van der Waals surface area (Å²) in [6.07, 6.45) is 0.222. The molecule has 0 saturated heterocycles. The molecule has 0 aliphatic heterocycles. The molecule has 12 heteroatoms. The first-order chi connectivity index (χ1) is 9.34. The van der Waals surface area contributed by atoms with Crippen LogP contribution < -0.4 is 0 Å². The van der Waals surface area contributed by atoms with Crippen molar-refractivity contribution >= 4 is 38.3 Å². The first-order valence-electron chi connectivity index (χ1n) is 3.96. The Morgan fingerprint density at radius 1 is 0.700 bits per heavy atom.